The maximum Gasteiger partial charge on any atom is 0.0210 e. The van der Waals surface area contributed by atoms with Gasteiger partial charge in [-0.2, -0.15) is 0 Å². The minimum Gasteiger partial charge on any atom is -0.314 e. The van der Waals surface area contributed by atoms with Crippen LogP contribution in [0.4, 0.5) is 0 Å². The fourth-order valence-corrected chi connectivity index (χ4v) is 4.75. The van der Waals surface area contributed by atoms with Crippen LogP contribution < -0.4 is 10.6 Å². The molecule has 4 fully saturated rings. The van der Waals surface area contributed by atoms with Crippen molar-refractivity contribution in [2.75, 3.05) is 19.6 Å². The first kappa shape index (κ1) is 12.6. The minimum atomic E-state index is 0.785. The summed E-state index contributed by atoms with van der Waals surface area (Å²) in [6, 6.07) is 3.37. The van der Waals surface area contributed by atoms with Gasteiger partial charge in [0.25, 0.3) is 0 Å². The van der Waals surface area contributed by atoms with E-state index in [4.69, 9.17) is 0 Å². The third kappa shape index (κ3) is 2.70. The minimum absolute atomic E-state index is 0.785. The van der Waals surface area contributed by atoms with E-state index in [1.807, 2.05) is 0 Å². The smallest absolute Gasteiger partial charge is 0.0210 e. The summed E-state index contributed by atoms with van der Waals surface area (Å²) in [6.45, 7) is 3.93. The molecule has 2 N–H and O–H groups in total. The van der Waals surface area contributed by atoms with E-state index in [1.54, 1.807) is 0 Å². The Kier molecular flexibility index (Phi) is 3.55. The van der Waals surface area contributed by atoms with Gasteiger partial charge in [0.15, 0.2) is 0 Å². The molecule has 0 aromatic carbocycles. The highest BCUT2D eigenvalue weighted by atomic mass is 15.2. The summed E-state index contributed by atoms with van der Waals surface area (Å²) in [5.41, 5.74) is 0. The molecule has 4 atom stereocenters. The van der Waals surface area contributed by atoms with Gasteiger partial charge < -0.3 is 10.6 Å². The molecule has 0 aromatic rings. The second-order valence-corrected chi connectivity index (χ2v) is 7.28. The van der Waals surface area contributed by atoms with E-state index in [0.717, 1.165) is 30.1 Å². The van der Waals surface area contributed by atoms with E-state index in [0.29, 0.717) is 0 Å². The monoisotopic (exact) mass is 263 g/mol. The van der Waals surface area contributed by atoms with E-state index in [2.05, 4.69) is 15.5 Å². The Morgan fingerprint density at radius 2 is 1.89 bits per heavy atom. The molecule has 2 aliphatic carbocycles. The van der Waals surface area contributed by atoms with Crippen LogP contribution in [0.3, 0.4) is 0 Å². The zero-order chi connectivity index (χ0) is 12.7. The normalized spacial score (nSPS) is 44.2. The average molecular weight is 263 g/mol. The Morgan fingerprint density at radius 3 is 2.68 bits per heavy atom. The summed E-state index contributed by atoms with van der Waals surface area (Å²) < 4.78 is 0. The molecule has 0 aromatic heterocycles. The lowest BCUT2D eigenvalue weighted by atomic mass is 9.92. The molecule has 0 spiro atoms. The Hall–Kier alpha value is -0.120. The zero-order valence-electron chi connectivity index (χ0n) is 12.1. The van der Waals surface area contributed by atoms with Gasteiger partial charge in [-0.05, 0) is 57.4 Å². The highest BCUT2D eigenvalue weighted by Crippen LogP contribution is 2.34. The molecule has 2 aliphatic heterocycles. The van der Waals surface area contributed by atoms with Crippen LogP contribution in [0.1, 0.15) is 51.4 Å². The van der Waals surface area contributed by atoms with Crippen LogP contribution >= 0.6 is 0 Å². The lowest BCUT2D eigenvalue weighted by Crippen LogP contribution is -2.47. The molecule has 4 rings (SSSR count). The lowest BCUT2D eigenvalue weighted by molar-refractivity contribution is 0.280. The van der Waals surface area contributed by atoms with Gasteiger partial charge in [0.1, 0.15) is 0 Å². The quantitative estimate of drug-likeness (QED) is 0.809. The number of likely N-dealkylation sites (tertiary alicyclic amines) is 1. The Balaban J connectivity index is 1.31. The number of hydrogen-bond acceptors (Lipinski definition) is 3. The van der Waals surface area contributed by atoms with Gasteiger partial charge in [-0.25, -0.2) is 0 Å². The summed E-state index contributed by atoms with van der Waals surface area (Å²) >= 11 is 0. The van der Waals surface area contributed by atoms with Crippen LogP contribution in [0.5, 0.6) is 0 Å². The fourth-order valence-electron chi connectivity index (χ4n) is 4.75. The summed E-state index contributed by atoms with van der Waals surface area (Å²) in [7, 11) is 0. The third-order valence-corrected chi connectivity index (χ3v) is 5.92. The number of rotatable bonds is 4. The first-order chi connectivity index (χ1) is 9.40. The van der Waals surface area contributed by atoms with E-state index in [-0.39, 0.29) is 0 Å². The molecule has 0 bridgehead atoms. The van der Waals surface area contributed by atoms with E-state index in [1.165, 1.54) is 71.0 Å². The maximum absolute atomic E-state index is 4.04. The van der Waals surface area contributed by atoms with Crippen molar-refractivity contribution in [3.8, 4) is 0 Å². The van der Waals surface area contributed by atoms with Crippen molar-refractivity contribution in [2.24, 2.45) is 5.92 Å². The predicted molar refractivity (Wildman–Crippen MR) is 78.3 cm³/mol. The number of nitrogens with one attached hydrogen (secondary N) is 2. The van der Waals surface area contributed by atoms with Crippen molar-refractivity contribution in [2.45, 2.75) is 75.5 Å². The van der Waals surface area contributed by atoms with Crippen LogP contribution in [-0.4, -0.2) is 48.7 Å². The largest absolute Gasteiger partial charge is 0.314 e. The van der Waals surface area contributed by atoms with Crippen LogP contribution in [0.25, 0.3) is 0 Å². The predicted octanol–water partition coefficient (Wildman–Crippen LogP) is 1.73. The molecule has 2 saturated heterocycles. The highest BCUT2D eigenvalue weighted by Gasteiger charge is 2.39. The molecule has 108 valence electrons. The van der Waals surface area contributed by atoms with Gasteiger partial charge in [0.2, 0.25) is 0 Å². The van der Waals surface area contributed by atoms with Crippen molar-refractivity contribution in [1.82, 2.24) is 15.5 Å². The molecule has 3 nitrogen and oxygen atoms in total. The molecule has 19 heavy (non-hydrogen) atoms. The van der Waals surface area contributed by atoms with E-state index < -0.39 is 0 Å². The summed E-state index contributed by atoms with van der Waals surface area (Å²) in [5.74, 6) is 0.914. The van der Waals surface area contributed by atoms with Crippen LogP contribution in [0, 0.1) is 5.92 Å². The molecular formula is C16H29N3. The van der Waals surface area contributed by atoms with Crippen molar-refractivity contribution in [3.63, 3.8) is 0 Å². The van der Waals surface area contributed by atoms with E-state index in [9.17, 15) is 0 Å². The van der Waals surface area contributed by atoms with Gasteiger partial charge in [0.05, 0.1) is 0 Å². The molecule has 0 radical (unpaired) electrons. The summed E-state index contributed by atoms with van der Waals surface area (Å²) in [5, 5.41) is 7.78. The maximum atomic E-state index is 4.04. The van der Waals surface area contributed by atoms with Crippen LogP contribution in [-0.2, 0) is 0 Å². The Labute approximate surface area is 117 Å². The van der Waals surface area contributed by atoms with Crippen LogP contribution in [0.15, 0.2) is 0 Å². The van der Waals surface area contributed by atoms with Crippen molar-refractivity contribution >= 4 is 0 Å². The van der Waals surface area contributed by atoms with Crippen molar-refractivity contribution in [1.29, 1.82) is 0 Å². The van der Waals surface area contributed by atoms with Gasteiger partial charge in [-0.1, -0.05) is 6.42 Å². The Bertz CT molecular complexity index is 309. The van der Waals surface area contributed by atoms with Crippen LogP contribution in [0.2, 0.25) is 0 Å². The topological polar surface area (TPSA) is 27.3 Å². The fraction of sp³-hybridized carbons (Fsp3) is 1.00. The summed E-state index contributed by atoms with van der Waals surface area (Å²) in [6.07, 6.45) is 11.4. The second-order valence-electron chi connectivity index (χ2n) is 7.28. The van der Waals surface area contributed by atoms with E-state index >= 15 is 0 Å². The molecular weight excluding hydrogens is 234 g/mol. The van der Waals surface area contributed by atoms with Crippen molar-refractivity contribution in [3.05, 3.63) is 0 Å². The van der Waals surface area contributed by atoms with Gasteiger partial charge in [0, 0.05) is 37.3 Å². The molecule has 0 amide bonds. The standard InChI is InChI=1S/C16H29N3/c1-3-14(15-5-2-9-17-15)16(4-1)18-12-8-10-19(11-12)13-6-7-13/h12-18H,1-11H2. The first-order valence-corrected chi connectivity index (χ1v) is 8.63. The van der Waals surface area contributed by atoms with Gasteiger partial charge in [-0.15, -0.1) is 0 Å². The molecule has 4 unspecified atom stereocenters. The Morgan fingerprint density at radius 1 is 0.947 bits per heavy atom. The van der Waals surface area contributed by atoms with Gasteiger partial charge in [-0.3, -0.25) is 4.90 Å². The highest BCUT2D eigenvalue weighted by molar-refractivity contribution is 4.97. The number of nitrogens with zero attached hydrogens (tertiary/aromatic N) is 1. The number of hydrogen-bond donors (Lipinski definition) is 2. The van der Waals surface area contributed by atoms with Crippen molar-refractivity contribution < 1.29 is 0 Å². The molecule has 2 heterocycles. The summed E-state index contributed by atoms with van der Waals surface area (Å²) in [4.78, 5) is 2.73. The molecule has 2 saturated carbocycles. The lowest BCUT2D eigenvalue weighted by Gasteiger charge is -2.29. The second kappa shape index (κ2) is 5.34. The molecule has 3 heteroatoms. The third-order valence-electron chi connectivity index (χ3n) is 5.92. The zero-order valence-corrected chi connectivity index (χ0v) is 12.1. The average Bonchev–Trinajstić information content (AvgIpc) is 2.89. The first-order valence-electron chi connectivity index (χ1n) is 8.63. The SMILES string of the molecule is C1CNC(C2CCCC2NC2CCN(C3CC3)C2)C1. The van der Waals surface area contributed by atoms with Gasteiger partial charge >= 0.3 is 0 Å². The molecule has 4 aliphatic rings.